The predicted molar refractivity (Wildman–Crippen MR) is 86.9 cm³/mol. The van der Waals surface area contributed by atoms with Crippen molar-refractivity contribution in [3.05, 3.63) is 54.6 Å². The number of anilines is 1. The molecule has 5 nitrogen and oxygen atoms in total. The predicted octanol–water partition coefficient (Wildman–Crippen LogP) is 2.87. The molecule has 0 spiro atoms. The number of imide groups is 1. The topological polar surface area (TPSA) is 63.7 Å². The molecule has 1 fully saturated rings. The molecule has 2 amide bonds. The number of esters is 1. The van der Waals surface area contributed by atoms with Crippen LogP contribution in [0.25, 0.3) is 0 Å². The van der Waals surface area contributed by atoms with E-state index in [1.165, 1.54) is 12.1 Å². The summed E-state index contributed by atoms with van der Waals surface area (Å²) in [6.45, 7) is 10.9. The lowest BCUT2D eigenvalue weighted by atomic mass is 10.1. The van der Waals surface area contributed by atoms with Gasteiger partial charge < -0.3 is 4.74 Å². The summed E-state index contributed by atoms with van der Waals surface area (Å²) in [7, 11) is 0. The summed E-state index contributed by atoms with van der Waals surface area (Å²) in [4.78, 5) is 36.8. The normalized spacial score (nSPS) is 17.1. The third-order valence-corrected chi connectivity index (χ3v) is 3.89. The third kappa shape index (κ3) is 3.39. The number of amides is 2. The lowest BCUT2D eigenvalue weighted by Gasteiger charge is -2.18. The number of hydrogen-bond donors (Lipinski definition) is 0. The number of benzene rings is 1. The fourth-order valence-electron chi connectivity index (χ4n) is 2.15. The molecule has 1 aliphatic rings. The molecule has 1 saturated heterocycles. The fraction of sp³-hybridized carbons (Fsp3) is 0.278. The first kappa shape index (κ1) is 16.7. The van der Waals surface area contributed by atoms with Crippen molar-refractivity contribution in [2.75, 3.05) is 4.90 Å². The van der Waals surface area contributed by atoms with Gasteiger partial charge >= 0.3 is 5.97 Å². The molecule has 1 heterocycles. The summed E-state index contributed by atoms with van der Waals surface area (Å²) in [5.41, 5.74) is 1.04. The van der Waals surface area contributed by atoms with Crippen molar-refractivity contribution in [3.63, 3.8) is 0 Å². The molecular formula is C18H19NO4. The van der Waals surface area contributed by atoms with Crippen molar-refractivity contribution in [3.8, 4) is 0 Å². The highest BCUT2D eigenvalue weighted by Crippen LogP contribution is 2.25. The average molecular weight is 313 g/mol. The van der Waals surface area contributed by atoms with Gasteiger partial charge in [0.25, 0.3) is 5.91 Å². The summed E-state index contributed by atoms with van der Waals surface area (Å²) in [6.07, 6.45) is 1.46. The summed E-state index contributed by atoms with van der Waals surface area (Å²) < 4.78 is 5.34. The van der Waals surface area contributed by atoms with Crippen molar-refractivity contribution < 1.29 is 19.1 Å². The summed E-state index contributed by atoms with van der Waals surface area (Å²) in [5, 5.41) is 0. The highest BCUT2D eigenvalue weighted by atomic mass is 16.5. The van der Waals surface area contributed by atoms with E-state index in [2.05, 4.69) is 13.2 Å². The molecule has 0 aliphatic carbocycles. The van der Waals surface area contributed by atoms with Gasteiger partial charge in [-0.1, -0.05) is 19.6 Å². The van der Waals surface area contributed by atoms with Crippen LogP contribution in [0.4, 0.5) is 5.69 Å². The van der Waals surface area contributed by atoms with E-state index in [0.717, 1.165) is 4.90 Å². The SMILES string of the molecule is C=CC(C)C(C)OC(=O)c1ccc(N2C(=O)CC(=C)C2=O)cc1. The van der Waals surface area contributed by atoms with Crippen LogP contribution in [0.3, 0.4) is 0 Å². The van der Waals surface area contributed by atoms with Crippen molar-refractivity contribution in [1.82, 2.24) is 0 Å². The van der Waals surface area contributed by atoms with E-state index in [0.29, 0.717) is 11.3 Å². The van der Waals surface area contributed by atoms with Gasteiger partial charge in [0.05, 0.1) is 17.7 Å². The van der Waals surface area contributed by atoms with Gasteiger partial charge in [-0.25, -0.2) is 9.69 Å². The van der Waals surface area contributed by atoms with Crippen LogP contribution in [0.1, 0.15) is 30.6 Å². The van der Waals surface area contributed by atoms with Gasteiger partial charge in [-0.2, -0.15) is 0 Å². The Kier molecular flexibility index (Phi) is 4.79. The van der Waals surface area contributed by atoms with Crippen molar-refractivity contribution in [2.24, 2.45) is 5.92 Å². The quantitative estimate of drug-likeness (QED) is 0.363. The van der Waals surface area contributed by atoms with Gasteiger partial charge in [-0.05, 0) is 31.2 Å². The van der Waals surface area contributed by atoms with Gasteiger partial charge in [-0.15, -0.1) is 6.58 Å². The molecule has 2 unspecified atom stereocenters. The second-order valence-electron chi connectivity index (χ2n) is 5.57. The average Bonchev–Trinajstić information content (AvgIpc) is 2.79. The Labute approximate surface area is 135 Å². The summed E-state index contributed by atoms with van der Waals surface area (Å²) in [6, 6.07) is 6.16. The molecule has 1 aliphatic heterocycles. The Balaban J connectivity index is 2.12. The molecule has 120 valence electrons. The minimum absolute atomic E-state index is 0.0274. The molecule has 1 aromatic rings. The monoisotopic (exact) mass is 313 g/mol. The van der Waals surface area contributed by atoms with Crippen molar-refractivity contribution in [2.45, 2.75) is 26.4 Å². The standard InChI is InChI=1S/C18H19NO4/c1-5-11(2)13(4)23-18(22)14-6-8-15(9-7-14)19-16(20)10-12(3)17(19)21/h5-9,11,13H,1,3,10H2,2,4H3. The maximum absolute atomic E-state index is 12.1. The van der Waals surface area contributed by atoms with Crippen LogP contribution in [0.5, 0.6) is 0 Å². The molecule has 0 radical (unpaired) electrons. The fourth-order valence-corrected chi connectivity index (χ4v) is 2.15. The zero-order chi connectivity index (χ0) is 17.1. The zero-order valence-corrected chi connectivity index (χ0v) is 13.2. The molecule has 0 saturated carbocycles. The second-order valence-corrected chi connectivity index (χ2v) is 5.57. The summed E-state index contributed by atoms with van der Waals surface area (Å²) >= 11 is 0. The number of carbonyl (C=O) groups is 3. The third-order valence-electron chi connectivity index (χ3n) is 3.89. The smallest absolute Gasteiger partial charge is 0.338 e. The van der Waals surface area contributed by atoms with Crippen molar-refractivity contribution >= 4 is 23.5 Å². The van der Waals surface area contributed by atoms with Gasteiger partial charge in [0, 0.05) is 11.5 Å². The Morgan fingerprint density at radius 3 is 2.35 bits per heavy atom. The number of carbonyl (C=O) groups excluding carboxylic acids is 3. The molecule has 2 rings (SSSR count). The number of hydrogen-bond acceptors (Lipinski definition) is 4. The van der Waals surface area contributed by atoms with Crippen LogP contribution in [0, 0.1) is 5.92 Å². The Bertz CT molecular complexity index is 675. The minimum Gasteiger partial charge on any atom is -0.458 e. The Hall–Kier alpha value is -2.69. The molecule has 1 aromatic carbocycles. The van der Waals surface area contributed by atoms with Gasteiger partial charge in [-0.3, -0.25) is 9.59 Å². The first-order valence-electron chi connectivity index (χ1n) is 7.33. The minimum atomic E-state index is -0.457. The Morgan fingerprint density at radius 2 is 1.87 bits per heavy atom. The molecule has 0 aromatic heterocycles. The second kappa shape index (κ2) is 6.60. The first-order chi connectivity index (χ1) is 10.8. The van der Waals surface area contributed by atoms with Crippen molar-refractivity contribution in [1.29, 1.82) is 0 Å². The lowest BCUT2D eigenvalue weighted by molar-refractivity contribution is -0.120. The van der Waals surface area contributed by atoms with E-state index in [1.807, 2.05) is 6.92 Å². The molecule has 5 heteroatoms. The molecule has 23 heavy (non-hydrogen) atoms. The molecule has 2 atom stereocenters. The lowest BCUT2D eigenvalue weighted by Crippen LogP contribution is -2.28. The highest BCUT2D eigenvalue weighted by molar-refractivity contribution is 6.27. The van der Waals surface area contributed by atoms with Crippen LogP contribution >= 0.6 is 0 Å². The van der Waals surface area contributed by atoms with Gasteiger partial charge in [0.1, 0.15) is 6.10 Å². The number of rotatable bonds is 5. The largest absolute Gasteiger partial charge is 0.458 e. The van der Waals surface area contributed by atoms with Crippen LogP contribution in [0.15, 0.2) is 49.1 Å². The number of ether oxygens (including phenoxy) is 1. The molecule has 0 N–H and O–H groups in total. The highest BCUT2D eigenvalue weighted by Gasteiger charge is 2.33. The summed E-state index contributed by atoms with van der Waals surface area (Å²) in [5.74, 6) is -1.13. The van der Waals surface area contributed by atoms with E-state index < -0.39 is 11.9 Å². The maximum atomic E-state index is 12.1. The van der Waals surface area contributed by atoms with Crippen LogP contribution in [0.2, 0.25) is 0 Å². The van der Waals surface area contributed by atoms with Gasteiger partial charge in [0.15, 0.2) is 0 Å². The number of nitrogens with zero attached hydrogens (tertiary/aromatic N) is 1. The van der Waals surface area contributed by atoms with Gasteiger partial charge in [0.2, 0.25) is 5.91 Å². The zero-order valence-electron chi connectivity index (χ0n) is 13.2. The van der Waals surface area contributed by atoms with E-state index in [-0.39, 0.29) is 29.9 Å². The molecular weight excluding hydrogens is 294 g/mol. The van der Waals surface area contributed by atoms with E-state index in [1.54, 1.807) is 25.1 Å². The van der Waals surface area contributed by atoms with Crippen LogP contribution in [-0.2, 0) is 14.3 Å². The van der Waals surface area contributed by atoms with E-state index in [9.17, 15) is 14.4 Å². The van der Waals surface area contributed by atoms with Crippen LogP contribution < -0.4 is 4.90 Å². The molecule has 0 bridgehead atoms. The first-order valence-corrected chi connectivity index (χ1v) is 7.33. The van der Waals surface area contributed by atoms with E-state index in [4.69, 9.17) is 4.74 Å². The van der Waals surface area contributed by atoms with Crippen LogP contribution in [-0.4, -0.2) is 23.9 Å². The van der Waals surface area contributed by atoms with E-state index >= 15 is 0 Å². The Morgan fingerprint density at radius 1 is 1.26 bits per heavy atom. The maximum Gasteiger partial charge on any atom is 0.338 e.